The highest BCUT2D eigenvalue weighted by molar-refractivity contribution is 7.09. The van der Waals surface area contributed by atoms with Gasteiger partial charge in [0.15, 0.2) is 0 Å². The number of aromatic nitrogens is 1. The van der Waals surface area contributed by atoms with Crippen molar-refractivity contribution in [3.8, 4) is 0 Å². The van der Waals surface area contributed by atoms with Gasteiger partial charge in [-0.2, -0.15) is 0 Å². The predicted octanol–water partition coefficient (Wildman–Crippen LogP) is 2.71. The van der Waals surface area contributed by atoms with E-state index in [4.69, 9.17) is 5.73 Å². The van der Waals surface area contributed by atoms with Crippen LogP contribution < -0.4 is 5.73 Å². The Morgan fingerprint density at radius 2 is 2.07 bits per heavy atom. The Bertz CT molecular complexity index is 330. The molecule has 0 fully saturated rings. The molecule has 2 N–H and O–H groups in total. The van der Waals surface area contributed by atoms with E-state index < -0.39 is 11.1 Å². The van der Waals surface area contributed by atoms with Crippen molar-refractivity contribution >= 4 is 11.3 Å². The minimum atomic E-state index is -1.38. The Hall–Kier alpha value is -0.480. The monoisotopic (exact) mass is 230 g/mol. The molecule has 86 valence electrons. The molecule has 0 radical (unpaired) electrons. The highest BCUT2D eigenvalue weighted by Crippen LogP contribution is 2.36. The van der Waals surface area contributed by atoms with Crippen molar-refractivity contribution in [2.45, 2.75) is 39.8 Å². The van der Waals surface area contributed by atoms with E-state index in [0.717, 1.165) is 10.7 Å². The van der Waals surface area contributed by atoms with Gasteiger partial charge in [0.25, 0.3) is 0 Å². The van der Waals surface area contributed by atoms with Gasteiger partial charge >= 0.3 is 0 Å². The van der Waals surface area contributed by atoms with Crippen LogP contribution in [0.25, 0.3) is 0 Å². The largest absolute Gasteiger partial charge is 0.327 e. The molecule has 0 aliphatic heterocycles. The van der Waals surface area contributed by atoms with E-state index in [2.05, 4.69) is 4.98 Å². The number of nitrogens with zero attached hydrogens (tertiary/aromatic N) is 1. The normalized spacial score (nSPS) is 16.4. The van der Waals surface area contributed by atoms with Crippen LogP contribution in [-0.2, 0) is 6.42 Å². The minimum Gasteiger partial charge on any atom is -0.327 e. The second-order valence-corrected chi connectivity index (χ2v) is 5.92. The quantitative estimate of drug-likeness (QED) is 0.867. The summed E-state index contributed by atoms with van der Waals surface area (Å²) in [6.45, 7) is 7.58. The summed E-state index contributed by atoms with van der Waals surface area (Å²) in [6, 6.07) is 0. The first-order valence-electron chi connectivity index (χ1n) is 5.08. The lowest BCUT2D eigenvalue weighted by Crippen LogP contribution is -2.47. The maximum Gasteiger partial charge on any atom is 0.134 e. The first-order chi connectivity index (χ1) is 6.78. The standard InChI is InChI=1S/C11H19FN2S/c1-8-6-15-9(14-8)5-11(12,7-13)10(2,3)4/h6H,5,7,13H2,1-4H3. The molecule has 0 saturated carbocycles. The lowest BCUT2D eigenvalue weighted by Gasteiger charge is -2.36. The molecule has 0 bridgehead atoms. The molecule has 1 atom stereocenters. The average Bonchev–Trinajstić information content (AvgIpc) is 2.49. The molecule has 0 amide bonds. The number of aryl methyl sites for hydroxylation is 1. The van der Waals surface area contributed by atoms with Crippen molar-refractivity contribution in [2.75, 3.05) is 6.54 Å². The van der Waals surface area contributed by atoms with Gasteiger partial charge in [-0.05, 0) is 12.3 Å². The fraction of sp³-hybridized carbons (Fsp3) is 0.727. The van der Waals surface area contributed by atoms with E-state index in [-0.39, 0.29) is 6.54 Å². The molecule has 1 heterocycles. The Labute approximate surface area is 94.7 Å². The number of nitrogens with two attached hydrogens (primary N) is 1. The third kappa shape index (κ3) is 2.75. The number of rotatable bonds is 3. The third-order valence-corrected chi connectivity index (χ3v) is 3.73. The van der Waals surface area contributed by atoms with Crippen LogP contribution in [0.15, 0.2) is 5.38 Å². The van der Waals surface area contributed by atoms with Crippen LogP contribution in [0.3, 0.4) is 0 Å². The molecule has 0 aromatic carbocycles. The topological polar surface area (TPSA) is 38.9 Å². The number of hydrogen-bond donors (Lipinski definition) is 1. The molecule has 0 aliphatic rings. The summed E-state index contributed by atoms with van der Waals surface area (Å²) >= 11 is 1.50. The second-order valence-electron chi connectivity index (χ2n) is 4.98. The molecular weight excluding hydrogens is 211 g/mol. The summed E-state index contributed by atoms with van der Waals surface area (Å²) in [5.74, 6) is 0. The van der Waals surface area contributed by atoms with Gasteiger partial charge in [-0.3, -0.25) is 0 Å². The zero-order chi connectivity index (χ0) is 11.7. The van der Waals surface area contributed by atoms with Crippen LogP contribution in [0, 0.1) is 12.3 Å². The highest BCUT2D eigenvalue weighted by atomic mass is 32.1. The maximum atomic E-state index is 14.6. The molecule has 0 spiro atoms. The minimum absolute atomic E-state index is 0.0368. The van der Waals surface area contributed by atoms with E-state index in [1.54, 1.807) is 0 Å². The molecule has 1 aromatic heterocycles. The fourth-order valence-corrected chi connectivity index (χ4v) is 2.24. The van der Waals surface area contributed by atoms with E-state index in [1.165, 1.54) is 11.3 Å². The molecule has 1 aromatic rings. The number of thiazole rings is 1. The van der Waals surface area contributed by atoms with Crippen LogP contribution in [0.1, 0.15) is 31.5 Å². The van der Waals surface area contributed by atoms with Crippen molar-refractivity contribution in [2.24, 2.45) is 11.1 Å². The van der Waals surface area contributed by atoms with Gasteiger partial charge in [-0.15, -0.1) is 11.3 Å². The van der Waals surface area contributed by atoms with Crippen molar-refractivity contribution < 1.29 is 4.39 Å². The van der Waals surface area contributed by atoms with Crippen molar-refractivity contribution in [1.29, 1.82) is 0 Å². The Kier molecular flexibility index (Phi) is 3.51. The lowest BCUT2D eigenvalue weighted by atomic mass is 9.76. The van der Waals surface area contributed by atoms with E-state index in [0.29, 0.717) is 6.42 Å². The molecular formula is C11H19FN2S. The summed E-state index contributed by atoms with van der Waals surface area (Å²) in [5, 5.41) is 2.77. The van der Waals surface area contributed by atoms with Gasteiger partial charge in [-0.25, -0.2) is 9.37 Å². The predicted molar refractivity (Wildman–Crippen MR) is 62.9 cm³/mol. The summed E-state index contributed by atoms with van der Waals surface area (Å²) < 4.78 is 14.6. The number of halogens is 1. The second kappa shape index (κ2) is 4.18. The molecule has 1 unspecified atom stereocenters. The van der Waals surface area contributed by atoms with Gasteiger partial charge in [0.2, 0.25) is 0 Å². The third-order valence-electron chi connectivity index (χ3n) is 2.77. The molecule has 15 heavy (non-hydrogen) atoms. The average molecular weight is 230 g/mol. The van der Waals surface area contributed by atoms with Gasteiger partial charge in [0.1, 0.15) is 5.67 Å². The Morgan fingerprint density at radius 3 is 2.40 bits per heavy atom. The van der Waals surface area contributed by atoms with Crippen molar-refractivity contribution in [3.63, 3.8) is 0 Å². The van der Waals surface area contributed by atoms with Gasteiger partial charge in [-0.1, -0.05) is 20.8 Å². The van der Waals surface area contributed by atoms with Crippen molar-refractivity contribution in [3.05, 3.63) is 16.1 Å². The van der Waals surface area contributed by atoms with Crippen LogP contribution in [0.2, 0.25) is 0 Å². The zero-order valence-corrected chi connectivity index (χ0v) is 10.6. The van der Waals surface area contributed by atoms with Crippen LogP contribution in [0.5, 0.6) is 0 Å². The number of hydrogen-bond acceptors (Lipinski definition) is 3. The van der Waals surface area contributed by atoms with Gasteiger partial charge in [0.05, 0.1) is 5.01 Å². The van der Waals surface area contributed by atoms with Crippen LogP contribution in [-0.4, -0.2) is 17.2 Å². The molecule has 0 saturated heterocycles. The molecule has 0 aliphatic carbocycles. The van der Waals surface area contributed by atoms with Crippen LogP contribution in [0.4, 0.5) is 4.39 Å². The van der Waals surface area contributed by atoms with Crippen LogP contribution >= 0.6 is 11.3 Å². The SMILES string of the molecule is Cc1csc(CC(F)(CN)C(C)(C)C)n1. The van der Waals surface area contributed by atoms with Crippen molar-refractivity contribution in [1.82, 2.24) is 4.98 Å². The highest BCUT2D eigenvalue weighted by Gasteiger charge is 2.41. The molecule has 2 nitrogen and oxygen atoms in total. The molecule has 4 heteroatoms. The summed E-state index contributed by atoms with van der Waals surface area (Å²) in [4.78, 5) is 4.28. The Morgan fingerprint density at radius 1 is 1.47 bits per heavy atom. The fourth-order valence-electron chi connectivity index (χ4n) is 1.37. The van der Waals surface area contributed by atoms with E-state index in [1.807, 2.05) is 33.1 Å². The van der Waals surface area contributed by atoms with Gasteiger partial charge in [0, 0.05) is 24.0 Å². The maximum absolute atomic E-state index is 14.6. The Balaban J connectivity index is 2.86. The van der Waals surface area contributed by atoms with E-state index in [9.17, 15) is 4.39 Å². The summed E-state index contributed by atoms with van der Waals surface area (Å²) in [5.41, 5.74) is 4.66. The van der Waals surface area contributed by atoms with Gasteiger partial charge < -0.3 is 5.73 Å². The first-order valence-corrected chi connectivity index (χ1v) is 5.96. The summed E-state index contributed by atoms with van der Waals surface area (Å²) in [7, 11) is 0. The smallest absolute Gasteiger partial charge is 0.134 e. The molecule has 1 rings (SSSR count). The lowest BCUT2D eigenvalue weighted by molar-refractivity contribution is 0.0382. The first kappa shape index (κ1) is 12.6. The summed E-state index contributed by atoms with van der Waals surface area (Å²) in [6.07, 6.45) is 0.311. The zero-order valence-electron chi connectivity index (χ0n) is 9.80. The number of alkyl halides is 1. The van der Waals surface area contributed by atoms with E-state index >= 15 is 0 Å².